The second kappa shape index (κ2) is 8.26. The number of methoxy groups -OCH3 is 1. The lowest BCUT2D eigenvalue weighted by atomic mass is 9.98. The molecule has 0 bridgehead atoms. The van der Waals surface area contributed by atoms with E-state index in [4.69, 9.17) is 4.74 Å². The molecule has 2 aliphatic heterocycles. The van der Waals surface area contributed by atoms with Crippen molar-refractivity contribution in [2.24, 2.45) is 0 Å². The number of rotatable bonds is 6. The second-order valence-corrected chi connectivity index (χ2v) is 7.00. The molecule has 2 aliphatic rings. The third-order valence-electron chi connectivity index (χ3n) is 5.46. The Hall–Kier alpha value is -1.20. The van der Waals surface area contributed by atoms with E-state index in [0.29, 0.717) is 23.9 Å². The van der Waals surface area contributed by atoms with E-state index in [2.05, 4.69) is 9.80 Å². The third kappa shape index (κ3) is 4.06. The fraction of sp³-hybridized carbons (Fsp3) is 0.684. The SMILES string of the molecule is COc1ccc(F)c(F)c1CN1CCCC[C@@H]1CCN1CCCC1. The smallest absolute Gasteiger partial charge is 0.167 e. The summed E-state index contributed by atoms with van der Waals surface area (Å²) in [4.78, 5) is 4.84. The van der Waals surface area contributed by atoms with E-state index >= 15 is 0 Å². The van der Waals surface area contributed by atoms with Crippen LogP contribution in [0.4, 0.5) is 8.78 Å². The Morgan fingerprint density at radius 2 is 1.83 bits per heavy atom. The quantitative estimate of drug-likeness (QED) is 0.784. The Balaban J connectivity index is 1.68. The molecule has 2 heterocycles. The van der Waals surface area contributed by atoms with Crippen LogP contribution in [0.15, 0.2) is 12.1 Å². The molecule has 0 spiro atoms. The van der Waals surface area contributed by atoms with Gasteiger partial charge in [0.15, 0.2) is 11.6 Å². The summed E-state index contributed by atoms with van der Waals surface area (Å²) >= 11 is 0. The van der Waals surface area contributed by atoms with E-state index in [1.807, 2.05) is 0 Å². The van der Waals surface area contributed by atoms with E-state index in [9.17, 15) is 8.78 Å². The van der Waals surface area contributed by atoms with Gasteiger partial charge in [-0.3, -0.25) is 4.90 Å². The molecule has 3 rings (SSSR count). The Bertz CT molecular complexity index is 546. The Morgan fingerprint density at radius 1 is 1.08 bits per heavy atom. The highest BCUT2D eigenvalue weighted by atomic mass is 19.2. The molecule has 24 heavy (non-hydrogen) atoms. The molecule has 1 aromatic rings. The van der Waals surface area contributed by atoms with Crippen LogP contribution in [-0.4, -0.2) is 49.1 Å². The zero-order chi connectivity index (χ0) is 16.9. The zero-order valence-corrected chi connectivity index (χ0v) is 14.6. The van der Waals surface area contributed by atoms with Crippen molar-refractivity contribution in [3.05, 3.63) is 29.3 Å². The van der Waals surface area contributed by atoms with Crippen molar-refractivity contribution in [2.75, 3.05) is 33.3 Å². The van der Waals surface area contributed by atoms with Crippen LogP contribution in [0.25, 0.3) is 0 Å². The van der Waals surface area contributed by atoms with Gasteiger partial charge in [0.1, 0.15) is 5.75 Å². The van der Waals surface area contributed by atoms with Crippen molar-refractivity contribution in [1.82, 2.24) is 9.80 Å². The summed E-state index contributed by atoms with van der Waals surface area (Å²) in [6, 6.07) is 3.11. The molecule has 0 aliphatic carbocycles. The second-order valence-electron chi connectivity index (χ2n) is 7.00. The number of likely N-dealkylation sites (tertiary alicyclic amines) is 2. The maximum atomic E-state index is 14.3. The van der Waals surface area contributed by atoms with E-state index < -0.39 is 11.6 Å². The first-order valence-electron chi connectivity index (χ1n) is 9.16. The highest BCUT2D eigenvalue weighted by Gasteiger charge is 2.26. The molecular weight excluding hydrogens is 310 g/mol. The largest absolute Gasteiger partial charge is 0.496 e. The summed E-state index contributed by atoms with van der Waals surface area (Å²) in [5.41, 5.74) is 0.352. The van der Waals surface area contributed by atoms with Gasteiger partial charge in [0.25, 0.3) is 0 Å². The van der Waals surface area contributed by atoms with Gasteiger partial charge in [0.2, 0.25) is 0 Å². The molecule has 0 saturated carbocycles. The molecule has 0 unspecified atom stereocenters. The Kier molecular flexibility index (Phi) is 6.06. The minimum Gasteiger partial charge on any atom is -0.496 e. The molecule has 2 saturated heterocycles. The first-order valence-corrected chi connectivity index (χ1v) is 9.16. The van der Waals surface area contributed by atoms with Crippen LogP contribution >= 0.6 is 0 Å². The average Bonchev–Trinajstić information content (AvgIpc) is 3.12. The predicted octanol–water partition coefficient (Wildman–Crippen LogP) is 3.81. The zero-order valence-electron chi connectivity index (χ0n) is 14.6. The van der Waals surface area contributed by atoms with Gasteiger partial charge < -0.3 is 9.64 Å². The summed E-state index contributed by atoms with van der Waals surface area (Å²) in [5, 5.41) is 0. The van der Waals surface area contributed by atoms with Crippen molar-refractivity contribution in [2.45, 2.75) is 51.1 Å². The van der Waals surface area contributed by atoms with Crippen LogP contribution < -0.4 is 4.74 Å². The fourth-order valence-corrected chi connectivity index (χ4v) is 4.05. The number of benzene rings is 1. The van der Waals surface area contributed by atoms with Gasteiger partial charge >= 0.3 is 0 Å². The maximum absolute atomic E-state index is 14.3. The van der Waals surface area contributed by atoms with E-state index in [-0.39, 0.29) is 0 Å². The fourth-order valence-electron chi connectivity index (χ4n) is 4.05. The molecule has 0 aromatic heterocycles. The highest BCUT2D eigenvalue weighted by Crippen LogP contribution is 2.29. The minimum absolute atomic E-state index is 0.352. The molecule has 0 radical (unpaired) electrons. The van der Waals surface area contributed by atoms with E-state index in [1.54, 1.807) is 0 Å². The van der Waals surface area contributed by atoms with Crippen LogP contribution in [0, 0.1) is 11.6 Å². The van der Waals surface area contributed by atoms with Crippen molar-refractivity contribution in [1.29, 1.82) is 0 Å². The van der Waals surface area contributed by atoms with Gasteiger partial charge in [-0.15, -0.1) is 0 Å². The van der Waals surface area contributed by atoms with E-state index in [0.717, 1.165) is 38.4 Å². The molecule has 0 N–H and O–H groups in total. The maximum Gasteiger partial charge on any atom is 0.167 e. The van der Waals surface area contributed by atoms with Crippen molar-refractivity contribution in [3.8, 4) is 5.75 Å². The third-order valence-corrected chi connectivity index (χ3v) is 5.46. The summed E-state index contributed by atoms with van der Waals surface area (Å²) < 4.78 is 33.2. The van der Waals surface area contributed by atoms with Gasteiger partial charge in [-0.05, 0) is 70.4 Å². The van der Waals surface area contributed by atoms with Crippen LogP contribution in [-0.2, 0) is 6.54 Å². The van der Waals surface area contributed by atoms with Gasteiger partial charge in [0.05, 0.1) is 7.11 Å². The number of piperidine rings is 1. The number of nitrogens with zero attached hydrogens (tertiary/aromatic N) is 2. The average molecular weight is 338 g/mol. The van der Waals surface area contributed by atoms with Gasteiger partial charge in [0, 0.05) is 18.2 Å². The molecule has 5 heteroatoms. The number of halogens is 2. The number of hydrogen-bond acceptors (Lipinski definition) is 3. The lowest BCUT2D eigenvalue weighted by Gasteiger charge is -2.37. The van der Waals surface area contributed by atoms with Gasteiger partial charge in [-0.1, -0.05) is 6.42 Å². The summed E-state index contributed by atoms with van der Waals surface area (Å²) in [6.45, 7) is 4.91. The summed E-state index contributed by atoms with van der Waals surface area (Å²) in [6.07, 6.45) is 7.22. The molecule has 1 atom stereocenters. The van der Waals surface area contributed by atoms with Gasteiger partial charge in [-0.2, -0.15) is 0 Å². The first-order chi connectivity index (χ1) is 11.7. The summed E-state index contributed by atoms with van der Waals surface area (Å²) in [7, 11) is 1.51. The van der Waals surface area contributed by atoms with Crippen LogP contribution in [0.2, 0.25) is 0 Å². The summed E-state index contributed by atoms with van der Waals surface area (Å²) in [5.74, 6) is -1.12. The number of hydrogen-bond donors (Lipinski definition) is 0. The molecular formula is C19H28F2N2O. The van der Waals surface area contributed by atoms with Gasteiger partial charge in [-0.25, -0.2) is 8.78 Å². The van der Waals surface area contributed by atoms with Crippen molar-refractivity contribution < 1.29 is 13.5 Å². The first kappa shape index (κ1) is 17.6. The molecule has 2 fully saturated rings. The predicted molar refractivity (Wildman–Crippen MR) is 91.3 cm³/mol. The standard InChI is InChI=1S/C19H28F2N2O/c1-24-18-8-7-17(20)19(21)16(18)14-23-12-3-2-6-15(23)9-13-22-10-4-5-11-22/h7-8,15H,2-6,9-14H2,1H3/t15-/m1/s1. The topological polar surface area (TPSA) is 15.7 Å². The molecule has 1 aromatic carbocycles. The molecule has 0 amide bonds. The lowest BCUT2D eigenvalue weighted by molar-refractivity contribution is 0.119. The van der Waals surface area contributed by atoms with Crippen LogP contribution in [0.5, 0.6) is 5.75 Å². The normalized spacial score (nSPS) is 22.9. The van der Waals surface area contributed by atoms with Crippen LogP contribution in [0.1, 0.15) is 44.1 Å². The van der Waals surface area contributed by atoms with Crippen LogP contribution in [0.3, 0.4) is 0 Å². The molecule has 3 nitrogen and oxygen atoms in total. The molecule has 134 valence electrons. The minimum atomic E-state index is -0.795. The Labute approximate surface area is 143 Å². The lowest BCUT2D eigenvalue weighted by Crippen LogP contribution is -2.41. The monoisotopic (exact) mass is 338 g/mol. The van der Waals surface area contributed by atoms with Crippen molar-refractivity contribution in [3.63, 3.8) is 0 Å². The highest BCUT2D eigenvalue weighted by molar-refractivity contribution is 5.35. The van der Waals surface area contributed by atoms with Crippen molar-refractivity contribution >= 4 is 0 Å². The Morgan fingerprint density at radius 3 is 2.58 bits per heavy atom. The number of ether oxygens (including phenoxy) is 1. The van der Waals surface area contributed by atoms with E-state index in [1.165, 1.54) is 45.5 Å².